The molecule has 0 aliphatic carbocycles. The number of hydrogen-bond acceptors (Lipinski definition) is 8. The zero-order valence-electron chi connectivity index (χ0n) is 52.0. The Morgan fingerprint density at radius 2 is 0.973 bits per heavy atom. The quantitative estimate of drug-likeness (QED) is 0.0285. The maximum Gasteiger partial charge on any atom is 0.334 e. The van der Waals surface area contributed by atoms with E-state index in [0.29, 0.717) is 6.42 Å². The fraction of sp³-hybridized carbons (Fsp3) is 0.918. The molecule has 9 atom stereocenters. The van der Waals surface area contributed by atoms with Crippen LogP contribution in [0.2, 0.25) is 72.5 Å². The minimum Gasteiger partial charge on any atom is -0.455 e. The second-order valence-electron chi connectivity index (χ2n) is 29.3. The molecular formula is C61H120O8Si4. The van der Waals surface area contributed by atoms with Crippen LogP contribution in [-0.2, 0) is 36.7 Å². The van der Waals surface area contributed by atoms with Crippen LogP contribution in [-0.4, -0.2) is 94.2 Å². The van der Waals surface area contributed by atoms with E-state index < -0.39 is 33.3 Å². The normalized spacial score (nSPS) is 23.8. The lowest BCUT2D eigenvalue weighted by Gasteiger charge is -2.43. The van der Waals surface area contributed by atoms with Gasteiger partial charge < -0.3 is 31.9 Å². The highest BCUT2D eigenvalue weighted by Crippen LogP contribution is 2.45. The van der Waals surface area contributed by atoms with E-state index in [1.165, 1.54) is 51.4 Å². The highest BCUT2D eigenvalue weighted by atomic mass is 28.4. The predicted octanol–water partition coefficient (Wildman–Crippen LogP) is 18.7. The molecule has 0 N–H and O–H groups in total. The molecule has 0 unspecified atom stereocenters. The minimum absolute atomic E-state index is 0.00667. The van der Waals surface area contributed by atoms with Gasteiger partial charge in [-0.25, -0.2) is 4.79 Å². The molecule has 0 saturated carbocycles. The van der Waals surface area contributed by atoms with E-state index in [4.69, 9.17) is 31.9 Å². The van der Waals surface area contributed by atoms with Crippen LogP contribution < -0.4 is 0 Å². The number of ether oxygens (including phenoxy) is 3. The summed E-state index contributed by atoms with van der Waals surface area (Å²) in [6.45, 7) is 51.4. The number of carbonyl (C=O) groups is 1. The van der Waals surface area contributed by atoms with E-state index in [1.54, 1.807) is 0 Å². The summed E-state index contributed by atoms with van der Waals surface area (Å²) in [7, 11) is -8.30. The van der Waals surface area contributed by atoms with Gasteiger partial charge in [0, 0.05) is 12.0 Å². The summed E-state index contributed by atoms with van der Waals surface area (Å²) in [5, 5.41) is 0.428. The minimum atomic E-state index is -2.14. The van der Waals surface area contributed by atoms with Crippen molar-refractivity contribution in [3.05, 3.63) is 23.8 Å². The molecule has 0 aromatic carbocycles. The summed E-state index contributed by atoms with van der Waals surface area (Å²) in [6, 6.07) is 0. The van der Waals surface area contributed by atoms with E-state index in [0.717, 1.165) is 82.6 Å². The Balaban J connectivity index is 1.72. The summed E-state index contributed by atoms with van der Waals surface area (Å²) < 4.78 is 48.9. The molecular weight excluding hydrogens is 973 g/mol. The maximum absolute atomic E-state index is 12.5. The van der Waals surface area contributed by atoms with Crippen molar-refractivity contribution in [1.82, 2.24) is 0 Å². The molecule has 3 rings (SSSR count). The van der Waals surface area contributed by atoms with Gasteiger partial charge in [0.25, 0.3) is 0 Å². The van der Waals surface area contributed by atoms with E-state index >= 15 is 0 Å². The van der Waals surface area contributed by atoms with Crippen molar-refractivity contribution >= 4 is 39.2 Å². The van der Waals surface area contributed by atoms with Gasteiger partial charge in [-0.05, 0) is 156 Å². The SMILES string of the molecule is CCCCCCCCCC[C@H](O[Si](C)(C)C(C)(C)C)[C@H]1CC[C@@H]([C@H](CC[C@H](O[Si](C)(C)C(C)(C)C)[C@@H]2CC[C@@H](CCCC/C=C/C[C@H](CC3=C[C@H](C)OC3=O)O[Si](C)(C)C(C)(C)C)O2)O[Si](C)(C)C(C)(C)C)O1. The number of hydrogen-bond donors (Lipinski definition) is 0. The largest absolute Gasteiger partial charge is 0.455 e. The van der Waals surface area contributed by atoms with Gasteiger partial charge in [0.15, 0.2) is 33.3 Å². The van der Waals surface area contributed by atoms with Crippen molar-refractivity contribution in [2.45, 2.75) is 359 Å². The molecule has 12 heteroatoms. The summed E-state index contributed by atoms with van der Waals surface area (Å²) in [5.74, 6) is -0.192. The van der Waals surface area contributed by atoms with Crippen LogP contribution in [0.25, 0.3) is 0 Å². The summed E-state index contributed by atoms with van der Waals surface area (Å²) in [6.07, 6.45) is 30.5. The van der Waals surface area contributed by atoms with Gasteiger partial charge in [-0.3, -0.25) is 0 Å². The molecule has 0 bridgehead atoms. The van der Waals surface area contributed by atoms with E-state index in [-0.39, 0.29) is 81.1 Å². The van der Waals surface area contributed by atoms with Crippen LogP contribution >= 0.6 is 0 Å². The molecule has 0 amide bonds. The van der Waals surface area contributed by atoms with Crippen molar-refractivity contribution in [3.63, 3.8) is 0 Å². The van der Waals surface area contributed by atoms with Crippen LogP contribution in [0.5, 0.6) is 0 Å². The first-order valence-corrected chi connectivity index (χ1v) is 41.7. The van der Waals surface area contributed by atoms with Gasteiger partial charge in [-0.2, -0.15) is 0 Å². The van der Waals surface area contributed by atoms with Crippen molar-refractivity contribution in [1.29, 1.82) is 0 Å². The molecule has 0 aromatic heterocycles. The van der Waals surface area contributed by atoms with Crippen LogP contribution in [0, 0.1) is 0 Å². The average Bonchev–Trinajstić information content (AvgIpc) is 4.00. The lowest BCUT2D eigenvalue weighted by Crippen LogP contribution is -2.50. The van der Waals surface area contributed by atoms with Gasteiger partial charge in [-0.1, -0.05) is 160 Å². The van der Waals surface area contributed by atoms with Crippen LogP contribution in [0.3, 0.4) is 0 Å². The molecule has 0 aromatic rings. The fourth-order valence-electron chi connectivity index (χ4n) is 9.68. The molecule has 3 heterocycles. The molecule has 8 nitrogen and oxygen atoms in total. The number of carbonyl (C=O) groups excluding carboxylic acids is 1. The van der Waals surface area contributed by atoms with Gasteiger partial charge in [-0.15, -0.1) is 0 Å². The summed E-state index contributed by atoms with van der Waals surface area (Å²) >= 11 is 0. The predicted molar refractivity (Wildman–Crippen MR) is 321 cm³/mol. The summed E-state index contributed by atoms with van der Waals surface area (Å²) in [4.78, 5) is 12.5. The Kier molecular flexibility index (Phi) is 26.2. The molecule has 2 fully saturated rings. The average molecular weight is 1090 g/mol. The molecule has 428 valence electrons. The zero-order valence-corrected chi connectivity index (χ0v) is 56.0. The Labute approximate surface area is 456 Å². The molecule has 73 heavy (non-hydrogen) atoms. The van der Waals surface area contributed by atoms with E-state index in [1.807, 2.05) is 13.0 Å². The molecule has 0 radical (unpaired) electrons. The standard InChI is InChI=1S/C61H120O8Si4/c1-23-24-25-26-27-28-32-35-38-54(67-71(17,18)59(6,7)8)52-41-42-53(65-52)56(69-73(21,22)61(12,13)14)44-43-55(68-72(19,20)60(9,10)11)51-40-39-49(64-51)36-33-30-29-31-34-37-50(66-70(15,16)58(3,4)5)46-48-45-47(2)63-57(48)62/h31,34,45,47,49-56H,23-30,32-33,35-44,46H2,1-22H3/b34-31+/t47-,49+,50+,51-,52+,53-,54-,55-,56-/m0/s1. The van der Waals surface area contributed by atoms with Gasteiger partial charge in [0.1, 0.15) is 6.10 Å². The molecule has 3 aliphatic heterocycles. The Morgan fingerprint density at radius 3 is 1.42 bits per heavy atom. The van der Waals surface area contributed by atoms with Crippen molar-refractivity contribution in [3.8, 4) is 0 Å². The molecule has 0 spiro atoms. The first-order valence-electron chi connectivity index (χ1n) is 30.1. The Morgan fingerprint density at radius 1 is 0.548 bits per heavy atom. The highest BCUT2D eigenvalue weighted by molar-refractivity contribution is 6.75. The maximum atomic E-state index is 12.5. The number of unbranched alkanes of at least 4 members (excludes halogenated alkanes) is 9. The first-order chi connectivity index (χ1) is 33.5. The van der Waals surface area contributed by atoms with Crippen LogP contribution in [0.4, 0.5) is 0 Å². The van der Waals surface area contributed by atoms with Gasteiger partial charge in [0.05, 0.1) is 48.8 Å². The lowest BCUT2D eigenvalue weighted by atomic mass is 9.98. The number of allylic oxidation sites excluding steroid dienone is 1. The van der Waals surface area contributed by atoms with Gasteiger partial charge in [0.2, 0.25) is 0 Å². The molecule has 2 saturated heterocycles. The zero-order chi connectivity index (χ0) is 55.3. The van der Waals surface area contributed by atoms with Crippen molar-refractivity contribution in [2.24, 2.45) is 0 Å². The van der Waals surface area contributed by atoms with Crippen molar-refractivity contribution < 1.29 is 36.7 Å². The Bertz CT molecular complexity index is 1680. The van der Waals surface area contributed by atoms with Crippen molar-refractivity contribution in [2.75, 3.05) is 0 Å². The topological polar surface area (TPSA) is 81.7 Å². The summed E-state index contributed by atoms with van der Waals surface area (Å²) in [5.41, 5.74) is 0.757. The lowest BCUT2D eigenvalue weighted by molar-refractivity contribution is -0.139. The highest BCUT2D eigenvalue weighted by Gasteiger charge is 2.48. The number of esters is 1. The third-order valence-electron chi connectivity index (χ3n) is 18.7. The Hall–Kier alpha value is -0.422. The third-order valence-corrected chi connectivity index (χ3v) is 36.8. The van der Waals surface area contributed by atoms with Crippen LogP contribution in [0.1, 0.15) is 232 Å². The second kappa shape index (κ2) is 28.6. The third kappa shape index (κ3) is 21.6. The number of cyclic esters (lactones) is 1. The second-order valence-corrected chi connectivity index (χ2v) is 48.3. The smallest absolute Gasteiger partial charge is 0.334 e. The monoisotopic (exact) mass is 1090 g/mol. The first kappa shape index (κ1) is 66.9. The van der Waals surface area contributed by atoms with E-state index in [2.05, 4.69) is 155 Å². The van der Waals surface area contributed by atoms with Gasteiger partial charge >= 0.3 is 5.97 Å². The van der Waals surface area contributed by atoms with E-state index in [9.17, 15) is 4.79 Å². The fourth-order valence-corrected chi connectivity index (χ4v) is 15.2. The van der Waals surface area contributed by atoms with Crippen LogP contribution in [0.15, 0.2) is 23.8 Å². The molecule has 3 aliphatic rings. The number of rotatable bonds is 32.